The Morgan fingerprint density at radius 1 is 1.42 bits per heavy atom. The Labute approximate surface area is 124 Å². The minimum absolute atomic E-state index is 0.157. The second-order valence-electron chi connectivity index (χ2n) is 4.06. The molecule has 0 unspecified atom stereocenters. The third kappa shape index (κ3) is 3.56. The summed E-state index contributed by atoms with van der Waals surface area (Å²) in [5.41, 5.74) is 1.41. The van der Waals surface area contributed by atoms with Crippen molar-refractivity contribution in [1.29, 1.82) is 0 Å². The van der Waals surface area contributed by atoms with E-state index in [2.05, 4.69) is 21.2 Å². The molecule has 3 N–H and O–H groups in total. The highest BCUT2D eigenvalue weighted by Gasteiger charge is 2.13. The minimum Gasteiger partial charge on any atom is -0.380 e. The van der Waals surface area contributed by atoms with E-state index in [9.17, 15) is 8.42 Å². The van der Waals surface area contributed by atoms with Gasteiger partial charge in [-0.05, 0) is 46.6 Å². The maximum Gasteiger partial charge on any atom is 0.238 e. The molecule has 1 heterocycles. The fraction of sp³-hybridized carbons (Fsp3) is 0.167. The summed E-state index contributed by atoms with van der Waals surface area (Å²) in [6, 6.07) is 7.06. The van der Waals surface area contributed by atoms with Gasteiger partial charge < -0.3 is 5.32 Å². The quantitative estimate of drug-likeness (QED) is 0.879. The number of primary sulfonamides is 1. The maximum atomic E-state index is 11.4. The molecule has 1 aromatic carbocycles. The van der Waals surface area contributed by atoms with Crippen LogP contribution in [0.4, 0.5) is 5.69 Å². The Morgan fingerprint density at radius 3 is 2.74 bits per heavy atom. The summed E-state index contributed by atoms with van der Waals surface area (Å²) in [4.78, 5) is 1.32. The molecule has 0 spiro atoms. The smallest absolute Gasteiger partial charge is 0.238 e. The number of halogens is 1. The SMILES string of the molecule is Cc1c(NCc2cc(Br)cs2)cccc1S(N)(=O)=O. The van der Waals surface area contributed by atoms with Crippen molar-refractivity contribution in [3.05, 3.63) is 44.6 Å². The molecule has 0 aliphatic heterocycles. The maximum absolute atomic E-state index is 11.4. The fourth-order valence-corrected chi connectivity index (χ4v) is 3.94. The molecule has 2 rings (SSSR count). The van der Waals surface area contributed by atoms with Crippen LogP contribution in [0.5, 0.6) is 0 Å². The van der Waals surface area contributed by atoms with E-state index in [1.165, 1.54) is 6.07 Å². The van der Waals surface area contributed by atoms with Crippen molar-refractivity contribution in [1.82, 2.24) is 0 Å². The van der Waals surface area contributed by atoms with Crippen LogP contribution in [-0.2, 0) is 16.6 Å². The number of hydrogen-bond acceptors (Lipinski definition) is 4. The molecule has 0 atom stereocenters. The molecule has 0 radical (unpaired) electrons. The van der Waals surface area contributed by atoms with Gasteiger partial charge in [-0.25, -0.2) is 13.6 Å². The summed E-state index contributed by atoms with van der Waals surface area (Å²) in [5.74, 6) is 0. The predicted molar refractivity (Wildman–Crippen MR) is 81.9 cm³/mol. The third-order valence-corrected chi connectivity index (χ3v) is 5.42. The average molecular weight is 361 g/mol. The van der Waals surface area contributed by atoms with Crippen molar-refractivity contribution >= 4 is 43.0 Å². The summed E-state index contributed by atoms with van der Waals surface area (Å²) in [5, 5.41) is 10.4. The molecule has 4 nitrogen and oxygen atoms in total. The second kappa shape index (κ2) is 5.62. The van der Waals surface area contributed by atoms with E-state index in [0.29, 0.717) is 12.1 Å². The van der Waals surface area contributed by atoms with E-state index in [1.54, 1.807) is 24.3 Å². The van der Waals surface area contributed by atoms with E-state index in [0.717, 1.165) is 15.0 Å². The molecule has 0 fully saturated rings. The van der Waals surface area contributed by atoms with E-state index in [4.69, 9.17) is 5.14 Å². The molecule has 0 amide bonds. The number of nitrogens with one attached hydrogen (secondary N) is 1. The van der Waals surface area contributed by atoms with Crippen LogP contribution in [0, 0.1) is 6.92 Å². The number of benzene rings is 1. The van der Waals surface area contributed by atoms with Gasteiger partial charge >= 0.3 is 0 Å². The van der Waals surface area contributed by atoms with Crippen molar-refractivity contribution in [2.24, 2.45) is 5.14 Å². The monoisotopic (exact) mass is 360 g/mol. The predicted octanol–water partition coefficient (Wildman–Crippen LogP) is 3.08. The summed E-state index contributed by atoms with van der Waals surface area (Å²) in [6.45, 7) is 2.39. The number of thiophene rings is 1. The van der Waals surface area contributed by atoms with Gasteiger partial charge in [0.15, 0.2) is 0 Å². The molecule has 2 aromatic rings. The summed E-state index contributed by atoms with van der Waals surface area (Å²) < 4.78 is 23.9. The highest BCUT2D eigenvalue weighted by atomic mass is 79.9. The molecule has 0 saturated heterocycles. The lowest BCUT2D eigenvalue weighted by Gasteiger charge is -2.11. The summed E-state index contributed by atoms with van der Waals surface area (Å²) >= 11 is 5.03. The Bertz CT molecular complexity index is 696. The molecule has 0 aliphatic carbocycles. The standard InChI is InChI=1S/C12H13BrN2O2S2/c1-8-11(3-2-4-12(8)19(14,16)17)15-6-10-5-9(13)7-18-10/h2-5,7,15H,6H2,1H3,(H2,14,16,17). The number of anilines is 1. The lowest BCUT2D eigenvalue weighted by Crippen LogP contribution is -2.14. The number of sulfonamides is 1. The normalized spacial score (nSPS) is 11.5. The first-order chi connectivity index (χ1) is 8.88. The van der Waals surface area contributed by atoms with Crippen LogP contribution in [0.1, 0.15) is 10.4 Å². The fourth-order valence-electron chi connectivity index (χ4n) is 1.74. The molecule has 19 heavy (non-hydrogen) atoms. The van der Waals surface area contributed by atoms with Crippen molar-refractivity contribution < 1.29 is 8.42 Å². The van der Waals surface area contributed by atoms with Crippen LogP contribution < -0.4 is 10.5 Å². The average Bonchev–Trinajstić information content (AvgIpc) is 2.72. The van der Waals surface area contributed by atoms with Gasteiger partial charge in [0, 0.05) is 27.0 Å². The van der Waals surface area contributed by atoms with Crippen molar-refractivity contribution in [2.75, 3.05) is 5.32 Å². The molecule has 0 saturated carbocycles. The largest absolute Gasteiger partial charge is 0.380 e. The summed E-state index contributed by atoms with van der Waals surface area (Å²) in [6.07, 6.45) is 0. The van der Waals surface area contributed by atoms with Crippen molar-refractivity contribution in [3.63, 3.8) is 0 Å². The van der Waals surface area contributed by atoms with Crippen LogP contribution in [0.3, 0.4) is 0 Å². The van der Waals surface area contributed by atoms with Gasteiger partial charge in [0.2, 0.25) is 10.0 Å². The van der Waals surface area contributed by atoms with Gasteiger partial charge in [0.1, 0.15) is 0 Å². The molecule has 1 aromatic heterocycles. The zero-order valence-corrected chi connectivity index (χ0v) is 13.4. The third-order valence-electron chi connectivity index (χ3n) is 2.67. The lowest BCUT2D eigenvalue weighted by molar-refractivity contribution is 0.597. The van der Waals surface area contributed by atoms with Crippen LogP contribution in [0.2, 0.25) is 0 Å². The van der Waals surface area contributed by atoms with Gasteiger partial charge in [-0.1, -0.05) is 6.07 Å². The van der Waals surface area contributed by atoms with E-state index < -0.39 is 10.0 Å². The number of hydrogen-bond donors (Lipinski definition) is 2. The zero-order chi connectivity index (χ0) is 14.0. The highest BCUT2D eigenvalue weighted by Crippen LogP contribution is 2.24. The molecular weight excluding hydrogens is 348 g/mol. The van der Waals surface area contributed by atoms with Crippen molar-refractivity contribution in [3.8, 4) is 0 Å². The molecule has 7 heteroatoms. The second-order valence-corrected chi connectivity index (χ2v) is 7.50. The first-order valence-electron chi connectivity index (χ1n) is 5.47. The van der Waals surface area contributed by atoms with Crippen molar-refractivity contribution in [2.45, 2.75) is 18.4 Å². The Hall–Kier alpha value is -0.890. The van der Waals surface area contributed by atoms with E-state index in [-0.39, 0.29) is 4.90 Å². The number of rotatable bonds is 4. The first kappa shape index (κ1) is 14.5. The van der Waals surface area contributed by atoms with E-state index >= 15 is 0 Å². The molecular formula is C12H13BrN2O2S2. The van der Waals surface area contributed by atoms with Gasteiger partial charge in [0.05, 0.1) is 4.90 Å². The molecule has 102 valence electrons. The van der Waals surface area contributed by atoms with E-state index in [1.807, 2.05) is 17.5 Å². The first-order valence-corrected chi connectivity index (χ1v) is 8.69. The molecule has 0 bridgehead atoms. The summed E-state index contributed by atoms with van der Waals surface area (Å²) in [7, 11) is -3.68. The Morgan fingerprint density at radius 2 is 2.16 bits per heavy atom. The van der Waals surface area contributed by atoms with Crippen LogP contribution in [0.15, 0.2) is 39.0 Å². The van der Waals surface area contributed by atoms with Crippen LogP contribution >= 0.6 is 27.3 Å². The zero-order valence-electron chi connectivity index (χ0n) is 10.2. The lowest BCUT2D eigenvalue weighted by atomic mass is 10.2. The Balaban J connectivity index is 2.22. The van der Waals surface area contributed by atoms with Gasteiger partial charge in [-0.2, -0.15) is 0 Å². The van der Waals surface area contributed by atoms with Gasteiger partial charge in [-0.3, -0.25) is 0 Å². The topological polar surface area (TPSA) is 72.2 Å². The number of nitrogens with two attached hydrogens (primary N) is 1. The van der Waals surface area contributed by atoms with Crippen LogP contribution in [0.25, 0.3) is 0 Å². The minimum atomic E-state index is -3.68. The Kier molecular flexibility index (Phi) is 4.29. The van der Waals surface area contributed by atoms with Gasteiger partial charge in [-0.15, -0.1) is 11.3 Å². The van der Waals surface area contributed by atoms with Gasteiger partial charge in [0.25, 0.3) is 0 Å². The highest BCUT2D eigenvalue weighted by molar-refractivity contribution is 9.10. The molecule has 0 aliphatic rings. The van der Waals surface area contributed by atoms with Crippen LogP contribution in [-0.4, -0.2) is 8.42 Å².